The molecule has 4 heteroatoms. The fourth-order valence-corrected chi connectivity index (χ4v) is 0. The first-order valence-electron chi connectivity index (χ1n) is 1.22. The summed E-state index contributed by atoms with van der Waals surface area (Å²) < 4.78 is 25.8. The molecule has 0 aromatic rings. The average molecular weight is 54.9 g/mol. The summed E-state index contributed by atoms with van der Waals surface area (Å²) in [5.74, 6) is 0. The second-order valence-corrected chi connectivity index (χ2v) is 0.500. The van der Waals surface area contributed by atoms with Gasteiger partial charge < -0.3 is 0 Å². The summed E-state index contributed by atoms with van der Waals surface area (Å²) in [6.07, 6.45) is 0. The van der Waals surface area contributed by atoms with Crippen LogP contribution in [0.25, 0.3) is 0 Å². The normalized spacial score (nSPS) is 10.5. The van der Waals surface area contributed by atoms with E-state index in [0.29, 0.717) is 0 Å². The van der Waals surface area contributed by atoms with E-state index in [1.165, 1.54) is 0 Å². The number of rotatable bonds is 0. The monoisotopic (exact) mass is 55.0 g/mol. The van der Waals surface area contributed by atoms with Crippen LogP contribution in [-0.2, 0) is 10.9 Å². The van der Waals surface area contributed by atoms with Gasteiger partial charge in [-0.25, -0.2) is 0 Å². The van der Waals surface area contributed by atoms with E-state index in [4.69, 9.17) is 10.9 Å². The minimum atomic E-state index is -4.08. The van der Waals surface area contributed by atoms with E-state index in [1.807, 2.05) is 0 Å². The molecule has 0 N–H and O–H groups in total. The van der Waals surface area contributed by atoms with Gasteiger partial charge in [0.2, 0.25) is 0 Å². The first-order chi connectivity index (χ1) is 1.73. The van der Waals surface area contributed by atoms with Gasteiger partial charge in [-0.05, 0) is 0 Å². The van der Waals surface area contributed by atoms with E-state index in [1.54, 1.807) is 0 Å². The SMILES string of the molecule is [O]=[Li](=[O])=[O]. The molecule has 19 valence electrons. The Morgan fingerprint density at radius 3 is 1.00 bits per heavy atom. The van der Waals surface area contributed by atoms with Gasteiger partial charge in [-0.2, -0.15) is 0 Å². The van der Waals surface area contributed by atoms with E-state index in [-0.39, 0.29) is 0 Å². The van der Waals surface area contributed by atoms with Crippen molar-refractivity contribution in [2.75, 3.05) is 0 Å². The van der Waals surface area contributed by atoms with Crippen molar-refractivity contribution >= 4 is 15.3 Å². The van der Waals surface area contributed by atoms with Gasteiger partial charge in [-0.3, -0.25) is 0 Å². The van der Waals surface area contributed by atoms with E-state index in [2.05, 4.69) is 0 Å². The molecule has 0 atom stereocenters. The van der Waals surface area contributed by atoms with Crippen LogP contribution in [0.5, 0.6) is 0 Å². The topological polar surface area (TPSA) is 51.2 Å². The summed E-state index contributed by atoms with van der Waals surface area (Å²) in [4.78, 5) is 0. The second kappa shape index (κ2) is 1.33. The van der Waals surface area contributed by atoms with E-state index >= 15 is 0 Å². The van der Waals surface area contributed by atoms with Crippen LogP contribution in [0.3, 0.4) is 0 Å². The summed E-state index contributed by atoms with van der Waals surface area (Å²) in [6, 6.07) is 0. The van der Waals surface area contributed by atoms with Crippen molar-refractivity contribution in [2.24, 2.45) is 0 Å². The molecule has 0 unspecified atom stereocenters. The van der Waals surface area contributed by atoms with E-state index in [9.17, 15) is 0 Å². The molecule has 0 saturated heterocycles. The van der Waals surface area contributed by atoms with Gasteiger partial charge in [0.25, 0.3) is 0 Å². The Morgan fingerprint density at radius 2 is 1.00 bits per heavy atom. The number of hydrogen-bond acceptors (Lipinski definition) is 3. The number of hydrogen-bond donors (Lipinski definition) is 0. The van der Waals surface area contributed by atoms with Crippen LogP contribution in [0.4, 0.5) is 0 Å². The third-order valence-corrected chi connectivity index (χ3v) is 0. The van der Waals surface area contributed by atoms with Crippen molar-refractivity contribution in [3.63, 3.8) is 0 Å². The molecule has 0 heterocycles. The zero-order valence-electron chi connectivity index (χ0n) is 2.22. The average Bonchev–Trinajstić information content (AvgIpc) is 0.811. The molecule has 0 amide bonds. The predicted molar refractivity (Wildman–Crippen MR) is 7.81 cm³/mol. The van der Waals surface area contributed by atoms with Crippen molar-refractivity contribution in [3.05, 3.63) is 0 Å². The molecule has 3 nitrogen and oxygen atoms in total. The van der Waals surface area contributed by atoms with Crippen LogP contribution >= 0.6 is 0 Å². The summed E-state index contributed by atoms with van der Waals surface area (Å²) in [5, 5.41) is 0. The van der Waals surface area contributed by atoms with Crippen molar-refractivity contribution < 1.29 is 10.9 Å². The molecular weight excluding hydrogens is 54.9 g/mol. The van der Waals surface area contributed by atoms with Gasteiger partial charge in [0, 0.05) is 0 Å². The van der Waals surface area contributed by atoms with Crippen molar-refractivity contribution in [3.8, 4) is 0 Å². The summed E-state index contributed by atoms with van der Waals surface area (Å²) in [7, 11) is 0. The molecule has 0 aromatic heterocycles. The molecule has 0 spiro atoms. The second-order valence-electron chi connectivity index (χ2n) is 0.500. The van der Waals surface area contributed by atoms with Crippen molar-refractivity contribution in [1.29, 1.82) is 0 Å². The zero-order chi connectivity index (χ0) is 3.58. The van der Waals surface area contributed by atoms with Crippen LogP contribution in [-0.4, -0.2) is 15.3 Å². The fraction of sp³-hybridized carbons (Fsp3) is 0. The Labute approximate surface area is 27.0 Å². The van der Waals surface area contributed by atoms with Crippen LogP contribution in [0.2, 0.25) is 0 Å². The molecular formula is LiO3. The quantitative estimate of drug-likeness (QED) is 0.343. The van der Waals surface area contributed by atoms with Crippen LogP contribution in [0.15, 0.2) is 0 Å². The van der Waals surface area contributed by atoms with Gasteiger partial charge in [0.15, 0.2) is 0 Å². The molecule has 0 bridgehead atoms. The summed E-state index contributed by atoms with van der Waals surface area (Å²) in [6.45, 7) is 0. The Hall–Kier alpha value is -0.00260. The molecule has 0 saturated carbocycles. The summed E-state index contributed by atoms with van der Waals surface area (Å²) >= 11 is -4.08. The van der Waals surface area contributed by atoms with Gasteiger partial charge in [0.05, 0.1) is 0 Å². The molecule has 0 aromatic carbocycles. The molecule has 0 rings (SSSR count). The van der Waals surface area contributed by atoms with E-state index in [0.717, 1.165) is 0 Å². The van der Waals surface area contributed by atoms with Crippen LogP contribution in [0.1, 0.15) is 0 Å². The van der Waals surface area contributed by atoms with Crippen LogP contribution in [0, 0.1) is 0 Å². The van der Waals surface area contributed by atoms with Gasteiger partial charge in [-0.15, -0.1) is 0 Å². The van der Waals surface area contributed by atoms with E-state index < -0.39 is 15.3 Å². The fourth-order valence-electron chi connectivity index (χ4n) is 0. The molecule has 4 heavy (non-hydrogen) atoms. The first kappa shape index (κ1) is 4.00. The molecule has 0 aliphatic carbocycles. The molecule has 0 aliphatic rings. The van der Waals surface area contributed by atoms with Crippen molar-refractivity contribution in [1.82, 2.24) is 0 Å². The third kappa shape index (κ3) is 295000. The first-order valence-corrected chi connectivity index (χ1v) is 1.22. The minimum absolute atomic E-state index is 4.08. The molecule has 0 aliphatic heterocycles. The van der Waals surface area contributed by atoms with Gasteiger partial charge in [-0.1, -0.05) is 0 Å². The Morgan fingerprint density at radius 1 is 1.00 bits per heavy atom. The third-order valence-electron chi connectivity index (χ3n) is 0. The van der Waals surface area contributed by atoms with Crippen molar-refractivity contribution in [2.45, 2.75) is 0 Å². The molecule has 1 radical (unpaired) electrons. The summed E-state index contributed by atoms with van der Waals surface area (Å²) in [5.41, 5.74) is 0. The van der Waals surface area contributed by atoms with Gasteiger partial charge in [0.1, 0.15) is 0 Å². The van der Waals surface area contributed by atoms with Gasteiger partial charge >= 0.3 is 26.2 Å². The Bertz CT molecular complexity index is 72.7. The predicted octanol–water partition coefficient (Wildman–Crippen LogP) is -0.737. The maximum absolute atomic E-state index is 8.58. The molecule has 0 fully saturated rings. The maximum atomic E-state index is 8.58. The zero-order valence-corrected chi connectivity index (χ0v) is 2.22. The Kier molecular flexibility index (Phi) is 1.33. The standard InChI is InChI=1S/Li.3O. The Balaban J connectivity index is 4.65. The van der Waals surface area contributed by atoms with Crippen LogP contribution < -0.4 is 0 Å².